The van der Waals surface area contributed by atoms with E-state index in [1.54, 1.807) is 24.3 Å². The van der Waals surface area contributed by atoms with Crippen molar-refractivity contribution in [1.82, 2.24) is 15.4 Å². The lowest BCUT2D eigenvalue weighted by Gasteiger charge is -2.24. The van der Waals surface area contributed by atoms with Crippen molar-refractivity contribution in [2.75, 3.05) is 46.0 Å². The van der Waals surface area contributed by atoms with Gasteiger partial charge in [0, 0.05) is 38.3 Å². The molecule has 166 valence electrons. The Balaban J connectivity index is 0.00000420. The van der Waals surface area contributed by atoms with Gasteiger partial charge in [0.1, 0.15) is 0 Å². The normalized spacial score (nSPS) is 19.6. The van der Waals surface area contributed by atoms with Gasteiger partial charge in [-0.15, -0.1) is 24.0 Å². The van der Waals surface area contributed by atoms with Crippen LogP contribution in [0.2, 0.25) is 0 Å². The average molecular weight is 540 g/mol. The number of aliphatic hydroxyl groups excluding tert-OH is 1. The van der Waals surface area contributed by atoms with Crippen LogP contribution < -0.4 is 15.4 Å². The molecule has 4 N–H and O–H groups in total. The fraction of sp³-hybridized carbons (Fsp3) is 0.632. The van der Waals surface area contributed by atoms with Gasteiger partial charge in [-0.1, -0.05) is 17.7 Å². The summed E-state index contributed by atoms with van der Waals surface area (Å²) in [6.07, 6.45) is 1.54. The minimum Gasteiger partial charge on any atom is -0.396 e. The number of benzene rings is 1. The number of aliphatic hydroxyl groups is 1. The van der Waals surface area contributed by atoms with E-state index in [4.69, 9.17) is 4.74 Å². The van der Waals surface area contributed by atoms with Crippen molar-refractivity contribution in [2.24, 2.45) is 10.4 Å². The number of hydrogen-bond donors (Lipinski definition) is 4. The molecule has 0 radical (unpaired) electrons. The van der Waals surface area contributed by atoms with Gasteiger partial charge >= 0.3 is 0 Å². The van der Waals surface area contributed by atoms with Gasteiger partial charge < -0.3 is 20.5 Å². The van der Waals surface area contributed by atoms with Gasteiger partial charge in [0.05, 0.1) is 18.0 Å². The Morgan fingerprint density at radius 2 is 1.97 bits per heavy atom. The predicted molar refractivity (Wildman–Crippen MR) is 125 cm³/mol. The van der Waals surface area contributed by atoms with E-state index in [0.29, 0.717) is 45.2 Å². The number of halogens is 1. The zero-order valence-electron chi connectivity index (χ0n) is 17.1. The molecule has 0 aliphatic carbocycles. The number of aliphatic imine (C=N–C) groups is 1. The van der Waals surface area contributed by atoms with Gasteiger partial charge in [0.15, 0.2) is 5.96 Å². The molecule has 10 heteroatoms. The van der Waals surface area contributed by atoms with Gasteiger partial charge in [-0.3, -0.25) is 4.99 Å². The SMILES string of the molecule is CCNC(=NCC1(CCO)CCOC1)NCCNS(=O)(=O)c1ccc(C)cc1.I. The topological polar surface area (TPSA) is 112 Å². The molecule has 2 rings (SSSR count). The van der Waals surface area contributed by atoms with E-state index >= 15 is 0 Å². The van der Waals surface area contributed by atoms with Crippen LogP contribution in [0.25, 0.3) is 0 Å². The molecule has 1 atom stereocenters. The van der Waals surface area contributed by atoms with E-state index in [0.717, 1.165) is 12.0 Å². The Hall–Kier alpha value is -0.950. The number of hydrogen-bond acceptors (Lipinski definition) is 5. The maximum atomic E-state index is 12.3. The standard InChI is InChI=1S/C19H32N4O4S.HI/c1-3-20-18(22-14-19(8-12-24)9-13-27-15-19)21-10-11-23-28(25,26)17-6-4-16(2)5-7-17;/h4-7,23-24H,3,8-15H2,1-2H3,(H2,20,21,22);1H. The largest absolute Gasteiger partial charge is 0.396 e. The summed E-state index contributed by atoms with van der Waals surface area (Å²) < 4.78 is 32.7. The third kappa shape index (κ3) is 8.36. The molecule has 1 unspecified atom stereocenters. The second-order valence-electron chi connectivity index (χ2n) is 7.11. The van der Waals surface area contributed by atoms with Crippen molar-refractivity contribution < 1.29 is 18.3 Å². The molecule has 1 aromatic carbocycles. The first-order valence-electron chi connectivity index (χ1n) is 9.68. The maximum Gasteiger partial charge on any atom is 0.240 e. The number of sulfonamides is 1. The summed E-state index contributed by atoms with van der Waals surface area (Å²) in [5.41, 5.74) is 0.892. The number of aryl methyl sites for hydroxylation is 1. The fourth-order valence-electron chi connectivity index (χ4n) is 3.04. The summed E-state index contributed by atoms with van der Waals surface area (Å²) >= 11 is 0. The number of nitrogens with zero attached hydrogens (tertiary/aromatic N) is 1. The molecular weight excluding hydrogens is 507 g/mol. The van der Waals surface area contributed by atoms with Crippen LogP contribution in [0.3, 0.4) is 0 Å². The molecule has 1 aliphatic heterocycles. The molecule has 1 heterocycles. The monoisotopic (exact) mass is 540 g/mol. The highest BCUT2D eigenvalue weighted by molar-refractivity contribution is 14.0. The van der Waals surface area contributed by atoms with Crippen molar-refractivity contribution in [1.29, 1.82) is 0 Å². The molecule has 1 aromatic rings. The second-order valence-corrected chi connectivity index (χ2v) is 8.88. The van der Waals surface area contributed by atoms with E-state index in [1.165, 1.54) is 0 Å². The highest BCUT2D eigenvalue weighted by Crippen LogP contribution is 2.32. The minimum atomic E-state index is -3.52. The van der Waals surface area contributed by atoms with Gasteiger partial charge in [-0.05, 0) is 38.8 Å². The lowest BCUT2D eigenvalue weighted by Crippen LogP contribution is -2.42. The number of nitrogens with one attached hydrogen (secondary N) is 3. The van der Waals surface area contributed by atoms with E-state index in [-0.39, 0.29) is 47.4 Å². The van der Waals surface area contributed by atoms with Crippen LogP contribution in [0.5, 0.6) is 0 Å². The molecular formula is C19H33IN4O4S. The first kappa shape index (κ1) is 26.1. The molecule has 0 spiro atoms. The van der Waals surface area contributed by atoms with Crippen molar-refractivity contribution >= 4 is 40.0 Å². The van der Waals surface area contributed by atoms with E-state index in [1.807, 2.05) is 13.8 Å². The number of rotatable bonds is 10. The Morgan fingerprint density at radius 3 is 2.55 bits per heavy atom. The summed E-state index contributed by atoms with van der Waals surface area (Å²) in [7, 11) is -3.52. The van der Waals surface area contributed by atoms with Gasteiger partial charge in [0.25, 0.3) is 0 Å². The predicted octanol–water partition coefficient (Wildman–Crippen LogP) is 1.24. The van der Waals surface area contributed by atoms with Crippen LogP contribution in [0.1, 0.15) is 25.3 Å². The lowest BCUT2D eigenvalue weighted by molar-refractivity contribution is 0.131. The average Bonchev–Trinajstić information content (AvgIpc) is 3.12. The highest BCUT2D eigenvalue weighted by atomic mass is 127. The fourth-order valence-corrected chi connectivity index (χ4v) is 4.08. The van der Waals surface area contributed by atoms with E-state index < -0.39 is 10.0 Å². The number of guanidine groups is 1. The van der Waals surface area contributed by atoms with Gasteiger partial charge in [-0.25, -0.2) is 13.1 Å². The molecule has 1 aliphatic rings. The minimum absolute atomic E-state index is 0. The Kier molecular flexibility index (Phi) is 11.4. The zero-order chi connectivity index (χ0) is 20.5. The first-order chi connectivity index (χ1) is 13.4. The van der Waals surface area contributed by atoms with Crippen LogP contribution in [0, 0.1) is 12.3 Å². The zero-order valence-corrected chi connectivity index (χ0v) is 20.3. The van der Waals surface area contributed by atoms with Gasteiger partial charge in [0.2, 0.25) is 10.0 Å². The van der Waals surface area contributed by atoms with E-state index in [2.05, 4.69) is 20.3 Å². The van der Waals surface area contributed by atoms with E-state index in [9.17, 15) is 13.5 Å². The Labute approximate surface area is 191 Å². The molecule has 0 aromatic heterocycles. The third-order valence-corrected chi connectivity index (χ3v) is 6.26. The molecule has 1 fully saturated rings. The maximum absolute atomic E-state index is 12.3. The molecule has 29 heavy (non-hydrogen) atoms. The molecule has 1 saturated heterocycles. The summed E-state index contributed by atoms with van der Waals surface area (Å²) in [6.45, 7) is 7.20. The van der Waals surface area contributed by atoms with Crippen LogP contribution in [0.4, 0.5) is 0 Å². The van der Waals surface area contributed by atoms with Crippen molar-refractivity contribution in [3.05, 3.63) is 29.8 Å². The quantitative estimate of drug-likeness (QED) is 0.154. The van der Waals surface area contributed by atoms with Crippen LogP contribution >= 0.6 is 24.0 Å². The lowest BCUT2D eigenvalue weighted by atomic mass is 9.84. The highest BCUT2D eigenvalue weighted by Gasteiger charge is 2.34. The summed E-state index contributed by atoms with van der Waals surface area (Å²) in [5, 5.41) is 15.6. The Morgan fingerprint density at radius 1 is 1.24 bits per heavy atom. The molecule has 0 saturated carbocycles. The third-order valence-electron chi connectivity index (χ3n) is 4.78. The van der Waals surface area contributed by atoms with Crippen LogP contribution in [-0.4, -0.2) is 65.5 Å². The van der Waals surface area contributed by atoms with Crippen molar-refractivity contribution in [2.45, 2.75) is 31.6 Å². The van der Waals surface area contributed by atoms with Crippen LogP contribution in [0.15, 0.2) is 34.2 Å². The molecule has 8 nitrogen and oxygen atoms in total. The smallest absolute Gasteiger partial charge is 0.240 e. The summed E-state index contributed by atoms with van der Waals surface area (Å²) in [6, 6.07) is 6.75. The second kappa shape index (κ2) is 12.7. The summed E-state index contributed by atoms with van der Waals surface area (Å²) in [4.78, 5) is 4.87. The Bertz CT molecular complexity index is 735. The van der Waals surface area contributed by atoms with Gasteiger partial charge in [-0.2, -0.15) is 0 Å². The molecule has 0 bridgehead atoms. The molecule has 0 amide bonds. The summed E-state index contributed by atoms with van der Waals surface area (Å²) in [5.74, 6) is 0.626. The van der Waals surface area contributed by atoms with Crippen molar-refractivity contribution in [3.63, 3.8) is 0 Å². The first-order valence-corrected chi connectivity index (χ1v) is 11.2. The van der Waals surface area contributed by atoms with Crippen LogP contribution in [-0.2, 0) is 14.8 Å². The van der Waals surface area contributed by atoms with Crippen molar-refractivity contribution in [3.8, 4) is 0 Å². The number of ether oxygens (including phenoxy) is 1.